The van der Waals surface area contributed by atoms with Gasteiger partial charge in [0, 0.05) is 27.9 Å². The Bertz CT molecular complexity index is 2510. The van der Waals surface area contributed by atoms with Crippen LogP contribution < -0.4 is 9.80 Å². The minimum absolute atomic E-state index is 0.182. The van der Waals surface area contributed by atoms with Gasteiger partial charge in [0.15, 0.2) is 0 Å². The van der Waals surface area contributed by atoms with Crippen molar-refractivity contribution < 1.29 is 0 Å². The van der Waals surface area contributed by atoms with Gasteiger partial charge in [0.05, 0.1) is 17.1 Å². The first-order valence-corrected chi connectivity index (χ1v) is 17.7. The molecule has 0 saturated heterocycles. The van der Waals surface area contributed by atoms with Crippen molar-refractivity contribution >= 4 is 67.8 Å². The third-order valence-corrected chi connectivity index (χ3v) is 10.4. The molecule has 8 aromatic carbocycles. The Morgan fingerprint density at radius 3 is 1.67 bits per heavy atom. The highest BCUT2D eigenvalue weighted by molar-refractivity contribution is 6.15. The third-order valence-electron chi connectivity index (χ3n) is 10.4. The van der Waals surface area contributed by atoms with Gasteiger partial charge in [-0.25, -0.2) is 0 Å². The van der Waals surface area contributed by atoms with Crippen LogP contribution in [0.25, 0.3) is 33.7 Å². The summed E-state index contributed by atoms with van der Waals surface area (Å²) in [6.07, 6.45) is 4.47. The molecule has 8 aromatic rings. The molecule has 0 spiro atoms. The summed E-state index contributed by atoms with van der Waals surface area (Å²) in [7, 11) is 0. The predicted molar refractivity (Wildman–Crippen MR) is 218 cm³/mol. The van der Waals surface area contributed by atoms with Gasteiger partial charge in [0.1, 0.15) is 0 Å². The lowest BCUT2D eigenvalue weighted by molar-refractivity contribution is 0.632. The molecule has 0 aromatic heterocycles. The van der Waals surface area contributed by atoms with Crippen molar-refractivity contribution in [2.24, 2.45) is 0 Å². The number of hydrogen-bond donors (Lipinski definition) is 0. The summed E-state index contributed by atoms with van der Waals surface area (Å²) >= 11 is 0. The Balaban J connectivity index is 1.10. The molecule has 0 atom stereocenters. The van der Waals surface area contributed by atoms with E-state index in [9.17, 15) is 0 Å². The Hall–Kier alpha value is -6.38. The van der Waals surface area contributed by atoms with E-state index in [4.69, 9.17) is 0 Å². The Morgan fingerprint density at radius 1 is 0.412 bits per heavy atom. The van der Waals surface area contributed by atoms with Gasteiger partial charge in [-0.3, -0.25) is 0 Å². The first kappa shape index (κ1) is 30.7. The maximum absolute atomic E-state index is 2.49. The van der Waals surface area contributed by atoms with E-state index in [1.807, 2.05) is 0 Å². The van der Waals surface area contributed by atoms with Gasteiger partial charge in [-0.1, -0.05) is 147 Å². The first-order valence-electron chi connectivity index (χ1n) is 17.7. The highest BCUT2D eigenvalue weighted by Crippen LogP contribution is 2.53. The minimum Gasteiger partial charge on any atom is -0.311 e. The molecule has 0 saturated carbocycles. The van der Waals surface area contributed by atoms with E-state index in [0.717, 1.165) is 22.6 Å². The number of nitrogens with zero attached hydrogens (tertiary/aromatic N) is 2. The van der Waals surface area contributed by atoms with Crippen molar-refractivity contribution in [3.8, 4) is 0 Å². The molecular weight excluding hydrogens is 617 g/mol. The van der Waals surface area contributed by atoms with Crippen molar-refractivity contribution in [3.05, 3.63) is 204 Å². The molecule has 244 valence electrons. The second kappa shape index (κ2) is 12.5. The van der Waals surface area contributed by atoms with Crippen LogP contribution in [-0.4, -0.2) is 0 Å². The molecule has 9 rings (SSSR count). The van der Waals surface area contributed by atoms with E-state index in [-0.39, 0.29) is 5.41 Å². The zero-order chi connectivity index (χ0) is 34.4. The average molecular weight is 655 g/mol. The molecule has 2 heteroatoms. The molecule has 0 N–H and O–H groups in total. The minimum atomic E-state index is -0.182. The van der Waals surface area contributed by atoms with E-state index in [2.05, 4.69) is 218 Å². The number of anilines is 6. The van der Waals surface area contributed by atoms with Crippen molar-refractivity contribution in [2.75, 3.05) is 9.80 Å². The summed E-state index contributed by atoms with van der Waals surface area (Å²) < 4.78 is 0. The fourth-order valence-electron chi connectivity index (χ4n) is 7.83. The average Bonchev–Trinajstić information content (AvgIpc) is 3.19. The van der Waals surface area contributed by atoms with Gasteiger partial charge >= 0.3 is 0 Å². The summed E-state index contributed by atoms with van der Waals surface area (Å²) in [6.45, 7) is 4.72. The van der Waals surface area contributed by atoms with Crippen LogP contribution in [0.4, 0.5) is 34.1 Å². The lowest BCUT2D eigenvalue weighted by Crippen LogP contribution is -2.30. The molecule has 0 unspecified atom stereocenters. The van der Waals surface area contributed by atoms with E-state index < -0.39 is 0 Å². The molecule has 0 bridgehead atoms. The molecule has 51 heavy (non-hydrogen) atoms. The van der Waals surface area contributed by atoms with Crippen LogP contribution in [0.1, 0.15) is 36.1 Å². The fourth-order valence-corrected chi connectivity index (χ4v) is 7.83. The highest BCUT2D eigenvalue weighted by atomic mass is 15.2. The molecule has 2 nitrogen and oxygen atoms in total. The van der Waals surface area contributed by atoms with Gasteiger partial charge in [-0.05, 0) is 99.1 Å². The predicted octanol–water partition coefficient (Wildman–Crippen LogP) is 13.7. The van der Waals surface area contributed by atoms with Crippen LogP contribution in [0.15, 0.2) is 182 Å². The van der Waals surface area contributed by atoms with Crippen molar-refractivity contribution in [1.82, 2.24) is 0 Å². The number of benzene rings is 8. The maximum Gasteiger partial charge on any atom is 0.0546 e. The monoisotopic (exact) mass is 654 g/mol. The quantitative estimate of drug-likeness (QED) is 0.130. The van der Waals surface area contributed by atoms with Crippen LogP contribution >= 0.6 is 0 Å². The Labute approximate surface area is 300 Å². The Kier molecular flexibility index (Phi) is 7.51. The first-order chi connectivity index (χ1) is 25.1. The van der Waals surface area contributed by atoms with Gasteiger partial charge in [0.25, 0.3) is 0 Å². The van der Waals surface area contributed by atoms with Crippen LogP contribution in [0.3, 0.4) is 0 Å². The number of para-hydroxylation sites is 3. The highest BCUT2D eigenvalue weighted by Gasteiger charge is 2.37. The van der Waals surface area contributed by atoms with Crippen molar-refractivity contribution in [2.45, 2.75) is 19.3 Å². The summed E-state index contributed by atoms with van der Waals surface area (Å²) in [6, 6.07) is 65.7. The summed E-state index contributed by atoms with van der Waals surface area (Å²) in [5, 5.41) is 5.05. The van der Waals surface area contributed by atoms with Gasteiger partial charge in [0.2, 0.25) is 0 Å². The second-order valence-electron chi connectivity index (χ2n) is 13.8. The molecule has 0 amide bonds. The van der Waals surface area contributed by atoms with Crippen LogP contribution in [0, 0.1) is 0 Å². The fraction of sp³-hybridized carbons (Fsp3) is 0.0612. The van der Waals surface area contributed by atoms with Crippen LogP contribution in [-0.2, 0) is 5.41 Å². The Morgan fingerprint density at radius 2 is 0.941 bits per heavy atom. The number of hydrogen-bond acceptors (Lipinski definition) is 2. The maximum atomic E-state index is 2.49. The molecule has 0 fully saturated rings. The summed E-state index contributed by atoms with van der Waals surface area (Å²) in [5.74, 6) is 0. The van der Waals surface area contributed by atoms with E-state index >= 15 is 0 Å². The van der Waals surface area contributed by atoms with E-state index in [1.54, 1.807) is 0 Å². The van der Waals surface area contributed by atoms with Crippen LogP contribution in [0.2, 0.25) is 0 Å². The molecule has 0 aliphatic carbocycles. The smallest absolute Gasteiger partial charge is 0.0546 e. The number of fused-ring (bicyclic) bond motifs is 5. The third kappa shape index (κ3) is 5.37. The molecule has 1 heterocycles. The topological polar surface area (TPSA) is 6.48 Å². The largest absolute Gasteiger partial charge is 0.311 e. The van der Waals surface area contributed by atoms with Gasteiger partial charge in [-0.2, -0.15) is 0 Å². The van der Waals surface area contributed by atoms with E-state index in [1.165, 1.54) is 55.3 Å². The molecule has 1 aliphatic rings. The van der Waals surface area contributed by atoms with Gasteiger partial charge < -0.3 is 9.80 Å². The second-order valence-corrected chi connectivity index (χ2v) is 13.8. The molecule has 1 aliphatic heterocycles. The van der Waals surface area contributed by atoms with E-state index in [0.29, 0.717) is 0 Å². The molecule has 0 radical (unpaired) electrons. The van der Waals surface area contributed by atoms with Crippen molar-refractivity contribution in [3.63, 3.8) is 0 Å². The molecular formula is C49H38N2. The van der Waals surface area contributed by atoms with Gasteiger partial charge in [-0.15, -0.1) is 0 Å². The zero-order valence-corrected chi connectivity index (χ0v) is 28.9. The van der Waals surface area contributed by atoms with Crippen molar-refractivity contribution in [1.29, 1.82) is 0 Å². The standard InChI is InChI=1S/C49H38N2/c1-49(2)44-23-13-14-24-46(44)51(48-34-37-15-9-10-20-41(37)42-21-11-12-22-43(42)48)47-32-29-36(33-45(47)49)26-25-35-27-30-40(31-28-35)50(38-16-5-3-6-17-38)39-18-7-4-8-19-39/h3-34H,1-2H3/b26-25+. The van der Waals surface area contributed by atoms with Crippen LogP contribution in [0.5, 0.6) is 0 Å². The number of rotatable bonds is 6. The lowest BCUT2D eigenvalue weighted by Gasteiger charge is -2.42. The normalized spacial score (nSPS) is 13.3. The zero-order valence-electron chi connectivity index (χ0n) is 28.9. The lowest BCUT2D eigenvalue weighted by atomic mass is 9.73. The SMILES string of the molecule is CC1(C)c2ccccc2N(c2cc3ccccc3c3ccccc23)c2ccc(/C=C/c3ccc(N(c4ccccc4)c4ccccc4)cc3)cc21. The summed E-state index contributed by atoms with van der Waals surface area (Å²) in [4.78, 5) is 4.78. The summed E-state index contributed by atoms with van der Waals surface area (Å²) in [5.41, 5.74) is 11.9.